The van der Waals surface area contributed by atoms with E-state index < -0.39 is 11.4 Å². The van der Waals surface area contributed by atoms with Crippen molar-refractivity contribution in [3.63, 3.8) is 0 Å². The molecule has 4 heterocycles. The maximum atomic E-state index is 6.40. The van der Waals surface area contributed by atoms with Crippen LogP contribution in [0.25, 0.3) is 0 Å². The third kappa shape index (κ3) is 1.90. The van der Waals surface area contributed by atoms with E-state index in [1.165, 1.54) is 6.42 Å². The summed E-state index contributed by atoms with van der Waals surface area (Å²) in [6, 6.07) is 0. The fourth-order valence-corrected chi connectivity index (χ4v) is 5.41. The molecule has 0 aromatic heterocycles. The zero-order valence-corrected chi connectivity index (χ0v) is 13.9. The molecule has 2 bridgehead atoms. The number of hydrogen-bond acceptors (Lipinski definition) is 4. The lowest BCUT2D eigenvalue weighted by atomic mass is 9.57. The zero-order chi connectivity index (χ0) is 15.5. The second-order valence-electron chi connectivity index (χ2n) is 7.97. The normalized spacial score (nSPS) is 57.0. The third-order valence-corrected chi connectivity index (χ3v) is 6.69. The maximum absolute atomic E-state index is 6.40. The van der Waals surface area contributed by atoms with Gasteiger partial charge in [0, 0.05) is 12.3 Å². The van der Waals surface area contributed by atoms with Crippen molar-refractivity contribution in [2.75, 3.05) is 0 Å². The quantitative estimate of drug-likeness (QED) is 0.574. The average Bonchev–Trinajstić information content (AvgIpc) is 2.71. The number of rotatable bonds is 2. The first-order valence-electron chi connectivity index (χ1n) is 8.81. The van der Waals surface area contributed by atoms with Gasteiger partial charge < -0.3 is 9.47 Å². The summed E-state index contributed by atoms with van der Waals surface area (Å²) in [6.45, 7) is 10.5. The Morgan fingerprint density at radius 3 is 2.73 bits per heavy atom. The molecule has 124 valence electrons. The van der Waals surface area contributed by atoms with Crippen LogP contribution in [-0.4, -0.2) is 23.8 Å². The SMILES string of the molecule is C=CCC1O[C@H]2O[C@@]3(C)CC[C@H]4C(C)CC[C@@H](C1C)[C@@]24OO3. The Balaban J connectivity index is 1.77. The Morgan fingerprint density at radius 1 is 1.14 bits per heavy atom. The lowest BCUT2D eigenvalue weighted by Gasteiger charge is -2.60. The van der Waals surface area contributed by atoms with Gasteiger partial charge in [0.2, 0.25) is 5.79 Å². The van der Waals surface area contributed by atoms with Crippen molar-refractivity contribution in [3.05, 3.63) is 12.7 Å². The van der Waals surface area contributed by atoms with Crippen molar-refractivity contribution < 1.29 is 19.2 Å². The van der Waals surface area contributed by atoms with Gasteiger partial charge in [0.1, 0.15) is 0 Å². The van der Waals surface area contributed by atoms with E-state index in [0.717, 1.165) is 25.7 Å². The highest BCUT2D eigenvalue weighted by molar-refractivity contribution is 5.10. The monoisotopic (exact) mass is 308 g/mol. The van der Waals surface area contributed by atoms with Gasteiger partial charge in [-0.15, -0.1) is 6.58 Å². The smallest absolute Gasteiger partial charge is 0.201 e. The van der Waals surface area contributed by atoms with Gasteiger partial charge in [-0.3, -0.25) is 0 Å². The highest BCUT2D eigenvalue weighted by Crippen LogP contribution is 2.60. The summed E-state index contributed by atoms with van der Waals surface area (Å²) in [4.78, 5) is 11.9. The standard InChI is InChI=1S/C18H28O4/c1-5-6-15-12(3)14-8-7-11(2)13-9-10-17(4)20-16(19-15)18(13,14)22-21-17/h5,11-16H,1,6-10H2,2-4H3/t11?,12?,13-,14-,15?,16-,17+,18+/m0/s1. The fourth-order valence-electron chi connectivity index (χ4n) is 5.41. The molecule has 5 fully saturated rings. The van der Waals surface area contributed by atoms with Crippen LogP contribution in [0.5, 0.6) is 0 Å². The van der Waals surface area contributed by atoms with E-state index in [2.05, 4.69) is 20.4 Å². The fraction of sp³-hybridized carbons (Fsp3) is 0.889. The molecule has 5 rings (SSSR count). The molecule has 0 amide bonds. The van der Waals surface area contributed by atoms with E-state index in [-0.39, 0.29) is 12.4 Å². The molecule has 1 aliphatic carbocycles. The van der Waals surface area contributed by atoms with Gasteiger partial charge in [-0.25, -0.2) is 9.78 Å². The van der Waals surface area contributed by atoms with Crippen molar-refractivity contribution in [1.82, 2.24) is 0 Å². The maximum Gasteiger partial charge on any atom is 0.201 e. The van der Waals surface area contributed by atoms with E-state index in [0.29, 0.717) is 23.7 Å². The Morgan fingerprint density at radius 2 is 1.95 bits per heavy atom. The first-order valence-corrected chi connectivity index (χ1v) is 8.81. The molecule has 22 heavy (non-hydrogen) atoms. The van der Waals surface area contributed by atoms with Gasteiger partial charge in [0.05, 0.1) is 6.10 Å². The van der Waals surface area contributed by atoms with Crippen LogP contribution in [0.3, 0.4) is 0 Å². The molecule has 0 N–H and O–H groups in total. The van der Waals surface area contributed by atoms with E-state index in [9.17, 15) is 0 Å². The van der Waals surface area contributed by atoms with E-state index >= 15 is 0 Å². The minimum atomic E-state index is -0.670. The summed E-state index contributed by atoms with van der Waals surface area (Å²) in [7, 11) is 0. The minimum Gasteiger partial charge on any atom is -0.346 e. The Bertz CT molecular complexity index is 466. The Hall–Kier alpha value is -0.420. The topological polar surface area (TPSA) is 36.9 Å². The molecular weight excluding hydrogens is 280 g/mol. The average molecular weight is 308 g/mol. The third-order valence-electron chi connectivity index (χ3n) is 6.69. The second-order valence-corrected chi connectivity index (χ2v) is 7.97. The van der Waals surface area contributed by atoms with Crippen LogP contribution in [0.1, 0.15) is 52.9 Å². The van der Waals surface area contributed by atoms with Crippen LogP contribution in [0.4, 0.5) is 0 Å². The molecule has 4 heteroatoms. The molecule has 0 aromatic rings. The van der Waals surface area contributed by atoms with Gasteiger partial charge in [0.25, 0.3) is 0 Å². The van der Waals surface area contributed by atoms with Crippen molar-refractivity contribution in [2.45, 2.75) is 76.7 Å². The molecule has 1 spiro atoms. The van der Waals surface area contributed by atoms with E-state index in [1.54, 1.807) is 0 Å². The molecule has 4 aliphatic heterocycles. The van der Waals surface area contributed by atoms with Crippen molar-refractivity contribution >= 4 is 0 Å². The summed E-state index contributed by atoms with van der Waals surface area (Å²) < 4.78 is 12.7. The van der Waals surface area contributed by atoms with Crippen LogP contribution < -0.4 is 0 Å². The van der Waals surface area contributed by atoms with E-state index in [4.69, 9.17) is 19.2 Å². The van der Waals surface area contributed by atoms with Crippen molar-refractivity contribution in [1.29, 1.82) is 0 Å². The summed E-state index contributed by atoms with van der Waals surface area (Å²) >= 11 is 0. The van der Waals surface area contributed by atoms with Crippen LogP contribution in [0, 0.1) is 23.7 Å². The van der Waals surface area contributed by atoms with Crippen LogP contribution in [0.15, 0.2) is 12.7 Å². The molecule has 4 saturated heterocycles. The summed E-state index contributed by atoms with van der Waals surface area (Å²) in [5, 5.41) is 0. The molecule has 4 nitrogen and oxygen atoms in total. The number of fused-ring (bicyclic) bond motifs is 2. The highest BCUT2D eigenvalue weighted by Gasteiger charge is 2.69. The first kappa shape index (κ1) is 15.1. The van der Waals surface area contributed by atoms with Gasteiger partial charge >= 0.3 is 0 Å². The summed E-state index contributed by atoms with van der Waals surface area (Å²) in [5.41, 5.74) is -0.426. The lowest BCUT2D eigenvalue weighted by molar-refractivity contribution is -0.571. The van der Waals surface area contributed by atoms with Gasteiger partial charge in [-0.2, -0.15) is 0 Å². The zero-order valence-electron chi connectivity index (χ0n) is 13.9. The molecule has 0 aromatic carbocycles. The van der Waals surface area contributed by atoms with Crippen LogP contribution in [-0.2, 0) is 19.2 Å². The van der Waals surface area contributed by atoms with Gasteiger partial charge in [-0.1, -0.05) is 19.9 Å². The van der Waals surface area contributed by atoms with Gasteiger partial charge in [-0.05, 0) is 50.4 Å². The summed E-state index contributed by atoms with van der Waals surface area (Å²) in [5.74, 6) is 1.27. The number of ether oxygens (including phenoxy) is 2. The van der Waals surface area contributed by atoms with Crippen LogP contribution in [0.2, 0.25) is 0 Å². The van der Waals surface area contributed by atoms with E-state index in [1.807, 2.05) is 13.0 Å². The largest absolute Gasteiger partial charge is 0.346 e. The molecular formula is C18H28O4. The van der Waals surface area contributed by atoms with Gasteiger partial charge in [0.15, 0.2) is 11.9 Å². The Labute approximate surface area is 133 Å². The number of hydrogen-bond donors (Lipinski definition) is 0. The predicted molar refractivity (Wildman–Crippen MR) is 81.6 cm³/mol. The first-order chi connectivity index (χ1) is 10.5. The van der Waals surface area contributed by atoms with Crippen molar-refractivity contribution in [2.24, 2.45) is 23.7 Å². The van der Waals surface area contributed by atoms with Crippen LogP contribution >= 0.6 is 0 Å². The molecule has 0 radical (unpaired) electrons. The molecule has 8 atom stereocenters. The molecule has 5 aliphatic rings. The molecule has 1 saturated carbocycles. The molecule has 3 unspecified atom stereocenters. The summed E-state index contributed by atoms with van der Waals surface area (Å²) in [6.07, 6.45) is 7.06. The Kier molecular flexibility index (Phi) is 3.46. The highest BCUT2D eigenvalue weighted by atomic mass is 17.3. The van der Waals surface area contributed by atoms with Crippen molar-refractivity contribution in [3.8, 4) is 0 Å². The second kappa shape index (κ2) is 5.04. The lowest BCUT2D eigenvalue weighted by Crippen LogP contribution is -2.70. The minimum absolute atomic E-state index is 0.165. The predicted octanol–water partition coefficient (Wildman–Crippen LogP) is 3.81.